The maximum absolute atomic E-state index is 11.0. The first-order valence-corrected chi connectivity index (χ1v) is 4.95. The van der Waals surface area contributed by atoms with Crippen LogP contribution in [0.3, 0.4) is 0 Å². The van der Waals surface area contributed by atoms with Crippen LogP contribution >= 0.6 is 11.6 Å². The molecule has 0 fully saturated rings. The van der Waals surface area contributed by atoms with Crippen molar-refractivity contribution in [3.63, 3.8) is 0 Å². The molecule has 0 aromatic heterocycles. The molecule has 0 saturated heterocycles. The molecule has 4 nitrogen and oxygen atoms in total. The minimum absolute atomic E-state index is 0.211. The van der Waals surface area contributed by atoms with Gasteiger partial charge in [-0.2, -0.15) is 0 Å². The van der Waals surface area contributed by atoms with Gasteiger partial charge in [-0.1, -0.05) is 17.7 Å². The summed E-state index contributed by atoms with van der Waals surface area (Å²) >= 11 is 5.95. The molecule has 0 aliphatic carbocycles. The van der Waals surface area contributed by atoms with Crippen molar-refractivity contribution >= 4 is 17.5 Å². The van der Waals surface area contributed by atoms with Crippen LogP contribution in [0.25, 0.3) is 0 Å². The summed E-state index contributed by atoms with van der Waals surface area (Å²) in [5.41, 5.74) is 2.86. The summed E-state index contributed by atoms with van der Waals surface area (Å²) in [7, 11) is 0. The van der Waals surface area contributed by atoms with Crippen molar-refractivity contribution in [1.29, 1.82) is 0 Å². The van der Waals surface area contributed by atoms with Gasteiger partial charge in [0.2, 0.25) is 5.91 Å². The predicted molar refractivity (Wildman–Crippen MR) is 58.7 cm³/mol. The Balaban J connectivity index is 2.77. The number of carbonyl (C=O) groups excluding carboxylic acids is 1. The van der Waals surface area contributed by atoms with E-state index in [1.54, 1.807) is 18.2 Å². The molecule has 0 radical (unpaired) electrons. The molecule has 0 bridgehead atoms. The molecule has 0 heterocycles. The zero-order chi connectivity index (χ0) is 11.3. The maximum Gasteiger partial charge on any atom is 0.238 e. The van der Waals surface area contributed by atoms with Crippen LogP contribution < -0.4 is 16.0 Å². The quantitative estimate of drug-likeness (QED) is 0.464. The van der Waals surface area contributed by atoms with E-state index in [0.717, 1.165) is 5.56 Å². The Morgan fingerprint density at radius 2 is 2.33 bits per heavy atom. The van der Waals surface area contributed by atoms with Gasteiger partial charge < -0.3 is 4.74 Å². The molecule has 82 valence electrons. The van der Waals surface area contributed by atoms with Gasteiger partial charge in [0.1, 0.15) is 5.75 Å². The number of benzene rings is 1. The number of ether oxygens (including phenoxy) is 1. The molecule has 0 aliphatic rings. The van der Waals surface area contributed by atoms with Crippen molar-refractivity contribution in [3.8, 4) is 5.75 Å². The van der Waals surface area contributed by atoms with Crippen LogP contribution in [0.2, 0.25) is 5.02 Å². The average molecular weight is 229 g/mol. The molecule has 1 rings (SSSR count). The first-order chi connectivity index (χ1) is 7.17. The van der Waals surface area contributed by atoms with E-state index in [9.17, 15) is 4.79 Å². The number of hydrazine groups is 1. The number of rotatable bonds is 4. The number of hydrogen-bond donors (Lipinski definition) is 2. The van der Waals surface area contributed by atoms with E-state index in [1.165, 1.54) is 0 Å². The number of nitrogens with one attached hydrogen (secondary N) is 1. The lowest BCUT2D eigenvalue weighted by Gasteiger charge is -2.07. The molecule has 5 heteroatoms. The third-order valence-electron chi connectivity index (χ3n) is 1.82. The number of nitrogens with two attached hydrogens (primary N) is 1. The highest BCUT2D eigenvalue weighted by atomic mass is 35.5. The molecule has 0 unspecified atom stereocenters. The fraction of sp³-hybridized carbons (Fsp3) is 0.300. The van der Waals surface area contributed by atoms with Crippen LogP contribution in [0.4, 0.5) is 0 Å². The summed E-state index contributed by atoms with van der Waals surface area (Å²) in [6.07, 6.45) is 0.211. The van der Waals surface area contributed by atoms with Gasteiger partial charge in [-0.3, -0.25) is 10.2 Å². The minimum atomic E-state index is -0.254. The van der Waals surface area contributed by atoms with Gasteiger partial charge in [-0.15, -0.1) is 0 Å². The Hall–Kier alpha value is -1.26. The summed E-state index contributed by atoms with van der Waals surface area (Å²) in [5.74, 6) is 5.35. The first-order valence-electron chi connectivity index (χ1n) is 4.58. The van der Waals surface area contributed by atoms with Crippen molar-refractivity contribution in [3.05, 3.63) is 28.8 Å². The molecule has 0 atom stereocenters. The SMILES string of the molecule is CCOc1ccc(CC(=O)NN)cc1Cl. The number of amides is 1. The largest absolute Gasteiger partial charge is 0.492 e. The van der Waals surface area contributed by atoms with E-state index in [-0.39, 0.29) is 12.3 Å². The third kappa shape index (κ3) is 3.42. The number of hydrogen-bond acceptors (Lipinski definition) is 3. The highest BCUT2D eigenvalue weighted by molar-refractivity contribution is 6.32. The molecule has 15 heavy (non-hydrogen) atoms. The van der Waals surface area contributed by atoms with Crippen molar-refractivity contribution < 1.29 is 9.53 Å². The van der Waals surface area contributed by atoms with Crippen LogP contribution in [0.5, 0.6) is 5.75 Å². The Morgan fingerprint density at radius 3 is 2.87 bits per heavy atom. The van der Waals surface area contributed by atoms with Crippen LogP contribution in [-0.2, 0) is 11.2 Å². The van der Waals surface area contributed by atoms with E-state index in [4.69, 9.17) is 22.2 Å². The standard InChI is InChI=1S/C10H13ClN2O2/c1-2-15-9-4-3-7(5-8(9)11)6-10(14)13-12/h3-5H,2,6,12H2,1H3,(H,13,14). The second kappa shape index (κ2) is 5.58. The number of halogens is 1. The maximum atomic E-state index is 11.0. The van der Waals surface area contributed by atoms with Gasteiger partial charge in [0.05, 0.1) is 18.1 Å². The zero-order valence-corrected chi connectivity index (χ0v) is 9.17. The lowest BCUT2D eigenvalue weighted by Crippen LogP contribution is -2.31. The highest BCUT2D eigenvalue weighted by Gasteiger charge is 2.05. The Labute approximate surface area is 93.3 Å². The highest BCUT2D eigenvalue weighted by Crippen LogP contribution is 2.25. The van der Waals surface area contributed by atoms with Crippen LogP contribution in [0.1, 0.15) is 12.5 Å². The van der Waals surface area contributed by atoms with E-state index >= 15 is 0 Å². The second-order valence-corrected chi connectivity index (χ2v) is 3.35. The summed E-state index contributed by atoms with van der Waals surface area (Å²) in [6, 6.07) is 5.22. The smallest absolute Gasteiger partial charge is 0.238 e. The molecule has 0 aliphatic heterocycles. The lowest BCUT2D eigenvalue weighted by atomic mass is 10.1. The summed E-state index contributed by atoms with van der Waals surface area (Å²) in [6.45, 7) is 2.44. The summed E-state index contributed by atoms with van der Waals surface area (Å²) in [4.78, 5) is 11.0. The van der Waals surface area contributed by atoms with E-state index in [0.29, 0.717) is 17.4 Å². The van der Waals surface area contributed by atoms with Crippen molar-refractivity contribution in [1.82, 2.24) is 5.43 Å². The fourth-order valence-corrected chi connectivity index (χ4v) is 1.42. The van der Waals surface area contributed by atoms with Crippen molar-refractivity contribution in [2.45, 2.75) is 13.3 Å². The van der Waals surface area contributed by atoms with Gasteiger partial charge in [-0.25, -0.2) is 5.84 Å². The van der Waals surface area contributed by atoms with Gasteiger partial charge in [0, 0.05) is 0 Å². The number of carbonyl (C=O) groups is 1. The van der Waals surface area contributed by atoms with E-state index in [2.05, 4.69) is 5.43 Å². The summed E-state index contributed by atoms with van der Waals surface area (Å²) < 4.78 is 5.27. The third-order valence-corrected chi connectivity index (χ3v) is 2.12. The molecule has 1 aromatic carbocycles. The molecular weight excluding hydrogens is 216 g/mol. The van der Waals surface area contributed by atoms with Gasteiger partial charge in [0.25, 0.3) is 0 Å². The lowest BCUT2D eigenvalue weighted by molar-refractivity contribution is -0.120. The molecular formula is C10H13ClN2O2. The van der Waals surface area contributed by atoms with E-state index < -0.39 is 0 Å². The molecule has 1 amide bonds. The van der Waals surface area contributed by atoms with Crippen LogP contribution in [-0.4, -0.2) is 12.5 Å². The first kappa shape index (κ1) is 11.8. The normalized spacial score (nSPS) is 9.80. The molecule has 0 saturated carbocycles. The fourth-order valence-electron chi connectivity index (χ4n) is 1.16. The predicted octanol–water partition coefficient (Wildman–Crippen LogP) is 1.27. The Kier molecular flexibility index (Phi) is 4.39. The average Bonchev–Trinajstić information content (AvgIpc) is 2.22. The van der Waals surface area contributed by atoms with Gasteiger partial charge in [-0.05, 0) is 24.6 Å². The molecule has 0 spiro atoms. The minimum Gasteiger partial charge on any atom is -0.492 e. The van der Waals surface area contributed by atoms with Gasteiger partial charge >= 0.3 is 0 Å². The Bertz CT molecular complexity index is 355. The van der Waals surface area contributed by atoms with Crippen LogP contribution in [0, 0.1) is 0 Å². The monoisotopic (exact) mass is 228 g/mol. The van der Waals surface area contributed by atoms with Crippen molar-refractivity contribution in [2.24, 2.45) is 5.84 Å². The van der Waals surface area contributed by atoms with Gasteiger partial charge in [0.15, 0.2) is 0 Å². The van der Waals surface area contributed by atoms with Crippen LogP contribution in [0.15, 0.2) is 18.2 Å². The zero-order valence-electron chi connectivity index (χ0n) is 8.42. The van der Waals surface area contributed by atoms with Crippen molar-refractivity contribution in [2.75, 3.05) is 6.61 Å². The van der Waals surface area contributed by atoms with E-state index in [1.807, 2.05) is 6.92 Å². The Morgan fingerprint density at radius 1 is 1.60 bits per heavy atom. The molecule has 1 aromatic rings. The second-order valence-electron chi connectivity index (χ2n) is 2.94. The topological polar surface area (TPSA) is 64.3 Å². The molecule has 3 N–H and O–H groups in total. The summed E-state index contributed by atoms with van der Waals surface area (Å²) in [5, 5.41) is 0.499.